The van der Waals surface area contributed by atoms with Crippen LogP contribution < -0.4 is 32.5 Å². The van der Waals surface area contributed by atoms with Crippen LogP contribution in [-0.2, 0) is 53.9 Å². The number of aromatic amines is 2. The Morgan fingerprint density at radius 3 is 1.45 bits per heavy atom. The summed E-state index contributed by atoms with van der Waals surface area (Å²) in [6, 6.07) is 56.7. The number of aromatic nitrogens is 12. The van der Waals surface area contributed by atoms with Gasteiger partial charge in [-0.15, -0.1) is 41.5 Å². The molecule has 21 rings (SSSR count). The molecular formula is C108H129BBrN15O9PPdS+. The van der Waals surface area contributed by atoms with Gasteiger partial charge < -0.3 is 25.7 Å². The second kappa shape index (κ2) is 42.3. The monoisotopic (exact) mass is 2040 g/mol. The maximum Gasteiger partial charge on any atom is 2.00 e. The van der Waals surface area contributed by atoms with E-state index in [4.69, 9.17) is 19.6 Å². The van der Waals surface area contributed by atoms with Gasteiger partial charge in [0, 0.05) is 113 Å². The van der Waals surface area contributed by atoms with Crippen LogP contribution in [0.3, 0.4) is 0 Å². The van der Waals surface area contributed by atoms with Crippen molar-refractivity contribution in [3.05, 3.63) is 282 Å². The molecule has 8 aromatic heterocycles. The molecule has 1 saturated heterocycles. The van der Waals surface area contributed by atoms with Crippen molar-refractivity contribution in [1.29, 1.82) is 0 Å². The SMILES string of the molecule is CC(C)c1cc(C(C)C)c(-c2ccccc2[PH+](C2CCCCC2)C2CCCCC2)c(C(C)C)c1.CS(=O)(=O)O.Cc1c(-c2ccc3c(C(=O)NC4CC5(C4)CC(c4n[nH]c(=O)c6ccccc46)C5)cnn3c2)cnn1C.Cc1c(B2OC(C)(C)C(C)(C)O2)cnn1C.O=C(NC1CC2(C1)CC(c1n[nH]c(=O)c3ccccc13)C2)c1cnn2cc(Br)ccc12.[NH-]c1ccccc1-c1[c-]cccc1.[Pd+2]. The maximum absolute atomic E-state index is 13.1. The van der Waals surface area contributed by atoms with Crippen molar-refractivity contribution < 1.29 is 52.3 Å². The first-order valence-corrected chi connectivity index (χ1v) is 52.6. The second-order valence-electron chi connectivity index (χ2n) is 40.8. The molecule has 720 valence electrons. The molecule has 7 aliphatic rings. The van der Waals surface area contributed by atoms with Crippen LogP contribution in [0.4, 0.5) is 5.69 Å². The fourth-order valence-corrected chi connectivity index (χ4v) is 26.4. The van der Waals surface area contributed by atoms with E-state index in [9.17, 15) is 27.6 Å². The van der Waals surface area contributed by atoms with Gasteiger partial charge in [-0.3, -0.25) is 33.1 Å². The van der Waals surface area contributed by atoms with Gasteiger partial charge in [0.25, 0.3) is 33.1 Å². The van der Waals surface area contributed by atoms with Gasteiger partial charge in [-0.1, -0.05) is 151 Å². The number of carbonyl (C=O) groups excluding carboxylic acids is 2. The van der Waals surface area contributed by atoms with Crippen molar-refractivity contribution in [3.63, 3.8) is 0 Å². The molecule has 9 heterocycles. The predicted molar refractivity (Wildman–Crippen MR) is 551 cm³/mol. The molecule has 6 saturated carbocycles. The summed E-state index contributed by atoms with van der Waals surface area (Å²) >= 11 is 3.42. The smallest absolute Gasteiger partial charge is 0.706 e. The molecule has 0 unspecified atom stereocenters. The molecular weight excluding hydrogens is 1910 g/mol. The van der Waals surface area contributed by atoms with Crippen LogP contribution in [-0.4, -0.2) is 132 Å². The van der Waals surface area contributed by atoms with E-state index in [1.807, 2.05) is 177 Å². The quantitative estimate of drug-likeness (QED) is 0.0260. The van der Waals surface area contributed by atoms with Gasteiger partial charge >= 0.3 is 27.5 Å². The Morgan fingerprint density at radius 1 is 0.555 bits per heavy atom. The zero-order chi connectivity index (χ0) is 96.5. The number of nitrogens with zero attached hydrogens (tertiary/aromatic N) is 10. The number of benzene rings is 6. The summed E-state index contributed by atoms with van der Waals surface area (Å²) in [5.41, 5.74) is 29.6. The summed E-state index contributed by atoms with van der Waals surface area (Å²) in [7, 11) is -0.741. The Bertz CT molecular complexity index is 6840. The summed E-state index contributed by atoms with van der Waals surface area (Å²) in [6.45, 7) is 26.6. The molecule has 0 radical (unpaired) electrons. The van der Waals surface area contributed by atoms with Crippen LogP contribution in [0, 0.1) is 30.7 Å². The van der Waals surface area contributed by atoms with Gasteiger partial charge in [0.05, 0.1) is 97.0 Å². The van der Waals surface area contributed by atoms with E-state index in [0.29, 0.717) is 63.4 Å². The number of halogens is 1. The molecule has 0 bridgehead atoms. The van der Waals surface area contributed by atoms with Gasteiger partial charge in [-0.2, -0.15) is 44.7 Å². The largest absolute Gasteiger partial charge is 2.00 e. The van der Waals surface area contributed by atoms with E-state index in [-0.39, 0.29) is 84.6 Å². The van der Waals surface area contributed by atoms with Crippen molar-refractivity contribution in [1.82, 2.24) is 69.8 Å². The van der Waals surface area contributed by atoms with Gasteiger partial charge in [0.2, 0.25) is 0 Å². The molecule has 14 aromatic rings. The zero-order valence-electron chi connectivity index (χ0n) is 81.3. The first kappa shape index (κ1) is 101. The van der Waals surface area contributed by atoms with Crippen molar-refractivity contribution >= 4 is 102 Å². The standard InChI is InChI=1S/C33H49P.C28H27N7O2.C23H20BrN5O2.C12H9N.C11H19BN2O2.CH4O3S.Pd/c1-23(2)26-21-30(24(3)4)33(31(22-26)25(5)6)29-19-13-14-20-32(29)34(27-15-9-7-10-16-27)28-17-11-8-12-18-28;1-16-22(13-29-34(16)2)17-7-8-24-23(14-30-35(24)15-17)26(36)31-19-11-28(12-19)9-18(10-28)25-20-5-3-4-6-21(20)27(37)33-32-25;24-14-5-6-19-18(11-25-29(19)12-14)21(30)26-15-9-23(10-15)7-13(8-23)20-16-3-1-2-4-17(16)22(31)28-27-20;13-12-9-5-4-8-11(12)10-6-2-1-3-7-10;1-8-9(7-13-14(8)6)12-15-10(2,3)11(4,5)16-12;1-5(2,3)4;/h13-14,19-25,27-28H,7-12,15-18H2,1-6H3;3-8,13-15,18-19H,9-12H2,1-2H3,(H,31,36)(H,33,37);1-6,11-13,15H,7-10H2,(H,26,30)(H,28,31);1-6,8-9,13H;7H,1-6H3;1H3,(H,2,3,4);/q;;;-2;;;+2/p+1. The Hall–Kier alpha value is -10.4. The third-order valence-corrected chi connectivity index (χ3v) is 34.2. The van der Waals surface area contributed by atoms with E-state index in [1.165, 1.54) is 69.8 Å². The molecule has 29 heteroatoms. The minimum Gasteiger partial charge on any atom is -0.706 e. The Kier molecular flexibility index (Phi) is 31.2. The predicted octanol–water partition coefficient (Wildman–Crippen LogP) is 22.1. The molecule has 0 atom stereocenters. The normalized spacial score (nSPS) is 20.4. The maximum atomic E-state index is 13.1. The number of hydrogen-bond acceptors (Lipinski definition) is 14. The zero-order valence-corrected chi connectivity index (χ0v) is 86.2. The number of carbonyl (C=O) groups is 2. The summed E-state index contributed by atoms with van der Waals surface area (Å²) in [6.07, 6.45) is 34.2. The van der Waals surface area contributed by atoms with E-state index < -0.39 is 18.0 Å². The molecule has 6 aliphatic carbocycles. The Balaban J connectivity index is 0.000000133. The van der Waals surface area contributed by atoms with Gasteiger partial charge in [-0.25, -0.2) is 19.2 Å². The fraction of sp³-hybridized carbons (Fsp3) is 0.426. The number of pyridine rings is 2. The van der Waals surface area contributed by atoms with Crippen LogP contribution in [0.1, 0.15) is 275 Å². The third kappa shape index (κ3) is 22.4. The average molecular weight is 2040 g/mol. The van der Waals surface area contributed by atoms with Crippen molar-refractivity contribution in [2.75, 3.05) is 6.26 Å². The number of amides is 2. The van der Waals surface area contributed by atoms with E-state index >= 15 is 0 Å². The number of aryl methyl sites for hydroxylation is 2. The summed E-state index contributed by atoms with van der Waals surface area (Å²) < 4.78 is 45.9. The number of hydrogen-bond donors (Lipinski definition) is 5. The number of fused-ring (bicyclic) bond motifs is 4. The van der Waals surface area contributed by atoms with Crippen LogP contribution >= 0.6 is 23.9 Å². The van der Waals surface area contributed by atoms with Crippen molar-refractivity contribution in [2.45, 2.75) is 263 Å². The van der Waals surface area contributed by atoms with E-state index in [1.54, 1.807) is 55.0 Å². The minimum atomic E-state index is -3.67. The van der Waals surface area contributed by atoms with E-state index in [2.05, 4.69) is 179 Å². The molecule has 2 amide bonds. The molecule has 6 N–H and O–H groups in total. The molecule has 2 spiro atoms. The van der Waals surface area contributed by atoms with Gasteiger partial charge in [-0.05, 0) is 247 Å². The topological polar surface area (TPSA) is 317 Å². The minimum absolute atomic E-state index is 0. The van der Waals surface area contributed by atoms with Gasteiger partial charge in [0.1, 0.15) is 0 Å². The average Bonchev–Trinajstić information content (AvgIpc) is 1.67. The molecule has 1 aliphatic heterocycles. The van der Waals surface area contributed by atoms with Crippen LogP contribution in [0.5, 0.6) is 0 Å². The van der Waals surface area contributed by atoms with Gasteiger partial charge in [0.15, 0.2) is 0 Å². The first-order valence-electron chi connectivity index (χ1n) is 48.3. The molecule has 6 aromatic carbocycles. The Morgan fingerprint density at radius 2 is 1.00 bits per heavy atom. The number of H-pyrrole nitrogens is 2. The molecule has 137 heavy (non-hydrogen) atoms. The Labute approximate surface area is 827 Å². The molecule has 24 nitrogen and oxygen atoms in total. The summed E-state index contributed by atoms with van der Waals surface area (Å²) in [4.78, 5) is 50.0. The fourth-order valence-electron chi connectivity index (χ4n) is 21.7. The van der Waals surface area contributed by atoms with E-state index in [0.717, 1.165) is 139 Å². The first-order chi connectivity index (χ1) is 64.9. The van der Waals surface area contributed by atoms with Crippen molar-refractivity contribution in [2.24, 2.45) is 24.9 Å². The van der Waals surface area contributed by atoms with Crippen LogP contribution in [0.2, 0.25) is 0 Å². The van der Waals surface area contributed by atoms with Crippen LogP contribution in [0.25, 0.3) is 71.7 Å². The van der Waals surface area contributed by atoms with Crippen LogP contribution in [0.15, 0.2) is 209 Å². The summed E-state index contributed by atoms with van der Waals surface area (Å²) in [5.74, 6) is 2.21. The second-order valence-corrected chi connectivity index (χ2v) is 46.3. The number of rotatable bonds is 16. The number of nitrogens with one attached hydrogen (secondary N) is 5. The third-order valence-electron chi connectivity index (χ3n) is 29.8. The summed E-state index contributed by atoms with van der Waals surface area (Å²) in [5, 5.41) is 42.8. The molecule has 7 fully saturated rings. The van der Waals surface area contributed by atoms with Crippen molar-refractivity contribution in [3.8, 4) is 33.4 Å².